The van der Waals surface area contributed by atoms with Crippen LogP contribution in [0.5, 0.6) is 11.5 Å². The summed E-state index contributed by atoms with van der Waals surface area (Å²) in [6, 6.07) is 2.56. The van der Waals surface area contributed by atoms with E-state index in [-0.39, 0.29) is 31.4 Å². The predicted octanol–water partition coefficient (Wildman–Crippen LogP) is 4.02. The van der Waals surface area contributed by atoms with Crippen LogP contribution >= 0.6 is 22.6 Å². The van der Waals surface area contributed by atoms with Crippen LogP contribution in [0.4, 0.5) is 0 Å². The highest BCUT2D eigenvalue weighted by Gasteiger charge is 2.41. The van der Waals surface area contributed by atoms with Gasteiger partial charge in [0.25, 0.3) is 0 Å². The van der Waals surface area contributed by atoms with Gasteiger partial charge in [0.2, 0.25) is 11.8 Å². The average Bonchev–Trinajstić information content (AvgIpc) is 3.46. The molecule has 2 aliphatic rings. The topological polar surface area (TPSA) is 125 Å². The maximum atomic E-state index is 13.7. The van der Waals surface area contributed by atoms with Gasteiger partial charge in [-0.05, 0) is 66.0 Å². The van der Waals surface area contributed by atoms with E-state index < -0.39 is 18.2 Å². The van der Waals surface area contributed by atoms with Crippen molar-refractivity contribution < 1.29 is 34.1 Å². The van der Waals surface area contributed by atoms with Gasteiger partial charge in [0.05, 0.1) is 23.3 Å². The number of amides is 2. The van der Waals surface area contributed by atoms with Crippen LogP contribution in [0, 0.1) is 9.49 Å². The molecule has 0 spiro atoms. The number of nitrogens with zero attached hydrogens (tertiary/aromatic N) is 1. The van der Waals surface area contributed by atoms with Crippen LogP contribution < -0.4 is 14.8 Å². The first-order chi connectivity index (χ1) is 19.3. The number of rotatable bonds is 15. The van der Waals surface area contributed by atoms with Crippen LogP contribution in [0.2, 0.25) is 0 Å². The minimum atomic E-state index is -1.10. The highest BCUT2D eigenvalue weighted by Crippen LogP contribution is 2.37. The average molecular weight is 671 g/mol. The molecule has 1 aromatic carbocycles. The predicted molar refractivity (Wildman–Crippen MR) is 161 cm³/mol. The number of nitrogens with one attached hydrogen (secondary N) is 1. The van der Waals surface area contributed by atoms with Crippen molar-refractivity contribution in [2.45, 2.75) is 89.4 Å². The molecule has 0 saturated heterocycles. The quantitative estimate of drug-likeness (QED) is 0.146. The third-order valence-electron chi connectivity index (χ3n) is 7.77. The molecule has 40 heavy (non-hydrogen) atoms. The van der Waals surface area contributed by atoms with E-state index in [9.17, 15) is 24.6 Å². The van der Waals surface area contributed by atoms with Crippen molar-refractivity contribution >= 4 is 40.7 Å². The van der Waals surface area contributed by atoms with Gasteiger partial charge in [-0.1, -0.05) is 39.0 Å². The molecule has 0 aromatic heterocycles. The van der Waals surface area contributed by atoms with Crippen molar-refractivity contribution in [2.24, 2.45) is 5.92 Å². The molecule has 3 N–H and O–H groups in total. The maximum absolute atomic E-state index is 13.7. The van der Waals surface area contributed by atoms with Crippen LogP contribution in [0.3, 0.4) is 0 Å². The Morgan fingerprint density at radius 2 is 1.95 bits per heavy atom. The first kappa shape index (κ1) is 32.3. The van der Waals surface area contributed by atoms with Gasteiger partial charge >= 0.3 is 0 Å². The molecular formula is C30H43IN2O7. The zero-order chi connectivity index (χ0) is 29.1. The van der Waals surface area contributed by atoms with Gasteiger partial charge in [0, 0.05) is 37.1 Å². The summed E-state index contributed by atoms with van der Waals surface area (Å²) in [4.78, 5) is 39.9. The number of aliphatic hydroxyl groups is 2. The van der Waals surface area contributed by atoms with E-state index in [0.717, 1.165) is 57.7 Å². The third-order valence-corrected chi connectivity index (χ3v) is 8.57. The molecule has 3 atom stereocenters. The van der Waals surface area contributed by atoms with E-state index in [1.165, 1.54) is 7.11 Å². The molecule has 2 aliphatic carbocycles. The summed E-state index contributed by atoms with van der Waals surface area (Å²) in [5, 5.41) is 23.6. The van der Waals surface area contributed by atoms with Gasteiger partial charge in [0.1, 0.15) is 18.5 Å². The normalized spacial score (nSPS) is 21.0. The van der Waals surface area contributed by atoms with E-state index in [1.807, 2.05) is 22.6 Å². The van der Waals surface area contributed by atoms with Crippen LogP contribution in [-0.2, 0) is 9.59 Å². The van der Waals surface area contributed by atoms with E-state index >= 15 is 0 Å². The number of aldehydes is 1. The van der Waals surface area contributed by atoms with Crippen LogP contribution in [0.25, 0.3) is 0 Å². The van der Waals surface area contributed by atoms with Crippen LogP contribution in [0.1, 0.15) is 81.5 Å². The molecule has 0 bridgehead atoms. The Labute approximate surface area is 250 Å². The zero-order valence-corrected chi connectivity index (χ0v) is 25.7. The second-order valence-electron chi connectivity index (χ2n) is 10.7. The first-order valence-corrected chi connectivity index (χ1v) is 15.5. The monoisotopic (exact) mass is 670 g/mol. The molecule has 222 valence electrons. The number of hydrogen-bond donors (Lipinski definition) is 3. The lowest BCUT2D eigenvalue weighted by molar-refractivity contribution is -0.139. The number of unbranched alkanes of at least 4 members (excludes halogenated alkanes) is 3. The molecule has 2 amide bonds. The number of carbonyl (C=O) groups is 3. The standard InChI is InChI=1S/C30H43IN2O7/c1-3-4-5-8-12-33(27(36)16-20-9-6-7-10-20)24-17-22(30(38)32-11-13-34)18-25(28(24)37)40-29-23(31)14-21(19-35)15-26(29)39-2/h14-15,18-20,24-25,28,34,37H,3-13,16-17H2,1-2H3,(H,32,38)/t24-,25+,28+/m1/s1. The van der Waals surface area contributed by atoms with Gasteiger partial charge in [-0.15, -0.1) is 0 Å². The summed E-state index contributed by atoms with van der Waals surface area (Å²) in [5.41, 5.74) is 0.811. The molecule has 0 unspecified atom stereocenters. The SMILES string of the molecule is CCCCCCN(C(=O)CC1CCCC1)[C@@H]1CC(C(=O)NCCO)=C[C@H](Oc2c(I)cc(C=O)cc2OC)[C@H]1O. The lowest BCUT2D eigenvalue weighted by Gasteiger charge is -2.41. The van der Waals surface area contributed by atoms with Gasteiger partial charge < -0.3 is 29.9 Å². The minimum Gasteiger partial charge on any atom is -0.493 e. The molecule has 1 fully saturated rings. The molecule has 0 heterocycles. The fraction of sp³-hybridized carbons (Fsp3) is 0.633. The Bertz CT molecular complexity index is 1040. The highest BCUT2D eigenvalue weighted by atomic mass is 127. The van der Waals surface area contributed by atoms with E-state index in [2.05, 4.69) is 12.2 Å². The summed E-state index contributed by atoms with van der Waals surface area (Å²) in [5.74, 6) is 0.661. The second kappa shape index (κ2) is 16.3. The molecular weight excluding hydrogens is 627 g/mol. The highest BCUT2D eigenvalue weighted by molar-refractivity contribution is 14.1. The van der Waals surface area contributed by atoms with E-state index in [4.69, 9.17) is 9.47 Å². The maximum Gasteiger partial charge on any atom is 0.247 e. The van der Waals surface area contributed by atoms with Crippen molar-refractivity contribution in [1.82, 2.24) is 10.2 Å². The summed E-state index contributed by atoms with van der Waals surface area (Å²) in [6.07, 6.45) is 9.16. The van der Waals surface area contributed by atoms with Crippen molar-refractivity contribution in [3.63, 3.8) is 0 Å². The van der Waals surface area contributed by atoms with E-state index in [0.29, 0.717) is 45.1 Å². The number of aliphatic hydroxyl groups excluding tert-OH is 2. The molecule has 3 rings (SSSR count). The molecule has 9 nitrogen and oxygen atoms in total. The molecule has 10 heteroatoms. The van der Waals surface area contributed by atoms with E-state index in [1.54, 1.807) is 23.1 Å². The fourth-order valence-corrected chi connectivity index (χ4v) is 6.35. The van der Waals surface area contributed by atoms with Crippen molar-refractivity contribution in [3.8, 4) is 11.5 Å². The van der Waals surface area contributed by atoms with Crippen LogP contribution in [0.15, 0.2) is 23.8 Å². The largest absolute Gasteiger partial charge is 0.493 e. The van der Waals surface area contributed by atoms with Gasteiger partial charge in [-0.3, -0.25) is 14.4 Å². The minimum absolute atomic E-state index is 0.00529. The number of carbonyl (C=O) groups excluding carboxylic acids is 3. The molecule has 0 radical (unpaired) electrons. The smallest absolute Gasteiger partial charge is 0.247 e. The van der Waals surface area contributed by atoms with Gasteiger partial charge in [-0.2, -0.15) is 0 Å². The summed E-state index contributed by atoms with van der Waals surface area (Å²) in [6.45, 7) is 2.53. The fourth-order valence-electron chi connectivity index (χ4n) is 5.60. The number of benzene rings is 1. The number of halogens is 1. The summed E-state index contributed by atoms with van der Waals surface area (Å²) in [7, 11) is 1.47. The van der Waals surface area contributed by atoms with Gasteiger partial charge in [-0.25, -0.2) is 0 Å². The Kier molecular flexibility index (Phi) is 13.2. The Hall–Kier alpha value is -2.18. The van der Waals surface area contributed by atoms with Crippen molar-refractivity contribution in [1.29, 1.82) is 0 Å². The molecule has 0 aliphatic heterocycles. The molecule has 1 saturated carbocycles. The Morgan fingerprint density at radius 1 is 1.20 bits per heavy atom. The lowest BCUT2D eigenvalue weighted by atomic mass is 9.87. The first-order valence-electron chi connectivity index (χ1n) is 14.4. The van der Waals surface area contributed by atoms with Crippen LogP contribution in [-0.4, -0.2) is 78.3 Å². The van der Waals surface area contributed by atoms with Crippen molar-refractivity contribution in [3.05, 3.63) is 32.9 Å². The molecule has 1 aromatic rings. The zero-order valence-electron chi connectivity index (χ0n) is 23.6. The second-order valence-corrected chi connectivity index (χ2v) is 11.8. The number of methoxy groups -OCH3 is 1. The van der Waals surface area contributed by atoms with Crippen molar-refractivity contribution in [2.75, 3.05) is 26.8 Å². The number of hydrogen-bond acceptors (Lipinski definition) is 7. The Morgan fingerprint density at radius 3 is 2.60 bits per heavy atom. The Balaban J connectivity index is 1.95. The van der Waals surface area contributed by atoms with Gasteiger partial charge in [0.15, 0.2) is 11.5 Å². The number of ether oxygens (including phenoxy) is 2. The summed E-state index contributed by atoms with van der Waals surface area (Å²) < 4.78 is 12.4. The summed E-state index contributed by atoms with van der Waals surface area (Å²) >= 11 is 2.04. The lowest BCUT2D eigenvalue weighted by Crippen LogP contribution is -2.55. The third kappa shape index (κ3) is 8.66.